The van der Waals surface area contributed by atoms with Crippen molar-refractivity contribution >= 4 is 15.9 Å². The van der Waals surface area contributed by atoms with Gasteiger partial charge in [-0.1, -0.05) is 6.92 Å². The van der Waals surface area contributed by atoms with Crippen molar-refractivity contribution < 1.29 is 40.6 Å². The van der Waals surface area contributed by atoms with Crippen LogP contribution in [-0.2, 0) is 14.2 Å². The molecule has 2 bridgehead atoms. The fraction of sp³-hybridized carbons (Fsp3) is 0.500. The SMILES string of the molecule is CC12COC(C3CCC(c4c(F)c(F)c(-c5cc(F)c(Br)c(F)c5)c(F)c4F)CC3)(OC1)OC2. The number of rotatable bonds is 3. The van der Waals surface area contributed by atoms with Crippen LogP contribution in [0.3, 0.4) is 0 Å². The minimum atomic E-state index is -1.69. The van der Waals surface area contributed by atoms with Crippen molar-refractivity contribution in [3.05, 3.63) is 57.1 Å². The first kappa shape index (κ1) is 24.1. The molecular formula is C24H21BrF6O3. The van der Waals surface area contributed by atoms with Gasteiger partial charge in [0.1, 0.15) is 11.6 Å². The average Bonchev–Trinajstić information content (AvgIpc) is 2.83. The van der Waals surface area contributed by atoms with Crippen molar-refractivity contribution in [2.45, 2.75) is 44.5 Å². The molecular weight excluding hydrogens is 530 g/mol. The first-order chi connectivity index (χ1) is 16.1. The second kappa shape index (κ2) is 8.50. The number of hydrogen-bond acceptors (Lipinski definition) is 3. The van der Waals surface area contributed by atoms with Crippen LogP contribution in [0.4, 0.5) is 26.3 Å². The molecule has 34 heavy (non-hydrogen) atoms. The van der Waals surface area contributed by atoms with Crippen LogP contribution in [0, 0.1) is 46.2 Å². The molecule has 184 valence electrons. The van der Waals surface area contributed by atoms with Crippen LogP contribution in [0.1, 0.15) is 44.1 Å². The minimum absolute atomic E-state index is 0.192. The first-order valence-corrected chi connectivity index (χ1v) is 11.8. The largest absolute Gasteiger partial charge is 0.326 e. The molecule has 4 aliphatic rings. The molecule has 2 aromatic carbocycles. The summed E-state index contributed by atoms with van der Waals surface area (Å²) < 4.78 is 105. The molecule has 0 radical (unpaired) electrons. The highest BCUT2D eigenvalue weighted by Gasteiger charge is 2.55. The van der Waals surface area contributed by atoms with Gasteiger partial charge in [0.15, 0.2) is 23.3 Å². The van der Waals surface area contributed by atoms with E-state index in [0.29, 0.717) is 44.8 Å². The third-order valence-corrected chi connectivity index (χ3v) is 7.83. The van der Waals surface area contributed by atoms with E-state index in [1.807, 2.05) is 6.92 Å². The van der Waals surface area contributed by atoms with Crippen molar-refractivity contribution in [3.8, 4) is 11.1 Å². The van der Waals surface area contributed by atoms with E-state index in [0.717, 1.165) is 0 Å². The van der Waals surface area contributed by atoms with Gasteiger partial charge in [0.2, 0.25) is 0 Å². The second-order valence-corrected chi connectivity index (χ2v) is 10.4. The van der Waals surface area contributed by atoms with Gasteiger partial charge in [-0.05, 0) is 65.2 Å². The Morgan fingerprint density at radius 1 is 0.765 bits per heavy atom. The standard InChI is InChI=1S/C24H21BrF6O3/c1-23-8-32-24(33-9-23,34-10-23)13-4-2-11(3-5-13)16-19(28)21(30)17(22(31)20(16)29)12-6-14(26)18(25)15(27)7-12/h6-7,11,13H,2-5,8-10H2,1H3. The maximum Gasteiger partial charge on any atom is 0.285 e. The van der Waals surface area contributed by atoms with Crippen LogP contribution >= 0.6 is 15.9 Å². The summed E-state index contributed by atoms with van der Waals surface area (Å²) in [6.07, 6.45) is 1.28. The van der Waals surface area contributed by atoms with E-state index in [-0.39, 0.29) is 24.2 Å². The number of hydrogen-bond donors (Lipinski definition) is 0. The van der Waals surface area contributed by atoms with E-state index in [4.69, 9.17) is 14.2 Å². The Hall–Kier alpha value is -1.62. The van der Waals surface area contributed by atoms with Gasteiger partial charge < -0.3 is 14.2 Å². The first-order valence-electron chi connectivity index (χ1n) is 11.0. The van der Waals surface area contributed by atoms with Crippen molar-refractivity contribution in [2.75, 3.05) is 19.8 Å². The van der Waals surface area contributed by atoms with Crippen LogP contribution in [0.2, 0.25) is 0 Å². The molecule has 0 N–H and O–H groups in total. The number of benzene rings is 2. The highest BCUT2D eigenvalue weighted by atomic mass is 79.9. The zero-order valence-corrected chi connectivity index (χ0v) is 19.7. The molecule has 3 heterocycles. The van der Waals surface area contributed by atoms with Crippen molar-refractivity contribution in [2.24, 2.45) is 11.3 Å². The molecule has 0 atom stereocenters. The summed E-state index contributed by atoms with van der Waals surface area (Å²) in [5.74, 6) is -11.0. The third kappa shape index (κ3) is 3.77. The molecule has 3 aliphatic heterocycles. The van der Waals surface area contributed by atoms with Crippen molar-refractivity contribution in [3.63, 3.8) is 0 Å². The van der Waals surface area contributed by atoms with Crippen LogP contribution in [0.5, 0.6) is 0 Å². The zero-order valence-electron chi connectivity index (χ0n) is 18.1. The molecule has 6 rings (SSSR count). The van der Waals surface area contributed by atoms with E-state index in [1.165, 1.54) is 0 Å². The van der Waals surface area contributed by atoms with Crippen LogP contribution in [-0.4, -0.2) is 25.8 Å². The van der Waals surface area contributed by atoms with Gasteiger partial charge in [-0.15, -0.1) is 0 Å². The minimum Gasteiger partial charge on any atom is -0.326 e. The Balaban J connectivity index is 1.41. The Bertz CT molecular complexity index is 1070. The maximum absolute atomic E-state index is 15.0. The maximum atomic E-state index is 15.0. The molecule has 1 saturated carbocycles. The fourth-order valence-corrected chi connectivity index (χ4v) is 5.35. The fourth-order valence-electron chi connectivity index (χ4n) is 5.12. The monoisotopic (exact) mass is 550 g/mol. The van der Waals surface area contributed by atoms with E-state index >= 15 is 8.78 Å². The summed E-state index contributed by atoms with van der Waals surface area (Å²) in [4.78, 5) is 0. The molecule has 4 fully saturated rings. The van der Waals surface area contributed by atoms with Gasteiger partial charge in [-0.3, -0.25) is 0 Å². The molecule has 0 aromatic heterocycles. The van der Waals surface area contributed by atoms with Gasteiger partial charge in [0.25, 0.3) is 5.97 Å². The molecule has 3 nitrogen and oxygen atoms in total. The average molecular weight is 551 g/mol. The molecule has 2 aromatic rings. The molecule has 1 aliphatic carbocycles. The lowest BCUT2D eigenvalue weighted by Crippen LogP contribution is -2.62. The Morgan fingerprint density at radius 2 is 1.24 bits per heavy atom. The van der Waals surface area contributed by atoms with Crippen molar-refractivity contribution in [1.82, 2.24) is 0 Å². The van der Waals surface area contributed by atoms with Gasteiger partial charge in [-0.2, -0.15) is 0 Å². The van der Waals surface area contributed by atoms with E-state index in [2.05, 4.69) is 15.9 Å². The number of fused-ring (bicyclic) bond motifs is 3. The van der Waals surface area contributed by atoms with Crippen molar-refractivity contribution in [1.29, 1.82) is 0 Å². The molecule has 0 unspecified atom stereocenters. The lowest BCUT2D eigenvalue weighted by molar-refractivity contribution is -0.485. The Kier molecular flexibility index (Phi) is 6.02. The summed E-state index contributed by atoms with van der Waals surface area (Å²) in [5, 5.41) is 0. The van der Waals surface area contributed by atoms with E-state index < -0.39 is 68.0 Å². The molecule has 0 amide bonds. The van der Waals surface area contributed by atoms with Gasteiger partial charge in [0, 0.05) is 16.9 Å². The lowest BCUT2D eigenvalue weighted by atomic mass is 9.76. The van der Waals surface area contributed by atoms with Gasteiger partial charge in [-0.25, -0.2) is 26.3 Å². The van der Waals surface area contributed by atoms with Gasteiger partial charge in [0.05, 0.1) is 29.9 Å². The Morgan fingerprint density at radius 3 is 1.71 bits per heavy atom. The van der Waals surface area contributed by atoms with Gasteiger partial charge >= 0.3 is 0 Å². The topological polar surface area (TPSA) is 27.7 Å². The van der Waals surface area contributed by atoms with Crippen LogP contribution in [0.15, 0.2) is 16.6 Å². The molecule has 3 saturated heterocycles. The molecule has 0 spiro atoms. The van der Waals surface area contributed by atoms with Crippen LogP contribution in [0.25, 0.3) is 11.1 Å². The summed E-state index contributed by atoms with van der Waals surface area (Å²) in [5.41, 5.74) is -2.70. The smallest absolute Gasteiger partial charge is 0.285 e. The number of ether oxygens (including phenoxy) is 3. The number of halogens is 7. The predicted molar refractivity (Wildman–Crippen MR) is 113 cm³/mol. The highest BCUT2D eigenvalue weighted by Crippen LogP contribution is 2.49. The Labute approximate surface area is 200 Å². The summed E-state index contributed by atoms with van der Waals surface area (Å²) in [7, 11) is 0. The quantitative estimate of drug-likeness (QED) is 0.235. The van der Waals surface area contributed by atoms with E-state index in [1.54, 1.807) is 0 Å². The summed E-state index contributed by atoms with van der Waals surface area (Å²) in [6, 6.07) is 1.22. The second-order valence-electron chi connectivity index (χ2n) is 9.63. The lowest BCUT2D eigenvalue weighted by Gasteiger charge is -2.54. The third-order valence-electron chi connectivity index (χ3n) is 7.07. The highest BCUT2D eigenvalue weighted by molar-refractivity contribution is 9.10. The van der Waals surface area contributed by atoms with Crippen LogP contribution < -0.4 is 0 Å². The molecule has 10 heteroatoms. The summed E-state index contributed by atoms with van der Waals surface area (Å²) in [6.45, 7) is 3.42. The zero-order chi connectivity index (χ0) is 24.4. The summed E-state index contributed by atoms with van der Waals surface area (Å²) >= 11 is 2.65. The predicted octanol–water partition coefficient (Wildman–Crippen LogP) is 6.96. The normalized spacial score (nSPS) is 31.2. The van der Waals surface area contributed by atoms with E-state index in [9.17, 15) is 17.6 Å².